The van der Waals surface area contributed by atoms with Gasteiger partial charge < -0.3 is 0 Å². The Morgan fingerprint density at radius 1 is 1.19 bits per heavy atom. The SMILES string of the molecule is CCC1CC=C(c2cc(F)cc(F)c2)CC1. The van der Waals surface area contributed by atoms with E-state index in [2.05, 4.69) is 13.0 Å². The van der Waals surface area contributed by atoms with Crippen molar-refractivity contribution in [3.8, 4) is 0 Å². The largest absolute Gasteiger partial charge is 0.207 e. The summed E-state index contributed by atoms with van der Waals surface area (Å²) in [4.78, 5) is 0. The second-order valence-corrected chi connectivity index (χ2v) is 4.44. The van der Waals surface area contributed by atoms with Crippen molar-refractivity contribution in [3.05, 3.63) is 41.5 Å². The Balaban J connectivity index is 2.22. The van der Waals surface area contributed by atoms with Crippen LogP contribution < -0.4 is 0 Å². The van der Waals surface area contributed by atoms with Crippen LogP contribution in [0.2, 0.25) is 0 Å². The summed E-state index contributed by atoms with van der Waals surface area (Å²) in [5, 5.41) is 0. The van der Waals surface area contributed by atoms with Crippen molar-refractivity contribution in [3.63, 3.8) is 0 Å². The molecule has 0 spiro atoms. The Morgan fingerprint density at radius 3 is 2.38 bits per heavy atom. The molecule has 1 aromatic rings. The quantitative estimate of drug-likeness (QED) is 0.688. The van der Waals surface area contributed by atoms with Crippen LogP contribution in [0, 0.1) is 17.6 Å². The van der Waals surface area contributed by atoms with Gasteiger partial charge in [-0.2, -0.15) is 0 Å². The predicted molar refractivity (Wildman–Crippen MR) is 62.0 cm³/mol. The Morgan fingerprint density at radius 2 is 1.88 bits per heavy atom. The van der Waals surface area contributed by atoms with Crippen LogP contribution in [0.1, 0.15) is 38.2 Å². The highest BCUT2D eigenvalue weighted by molar-refractivity contribution is 5.66. The van der Waals surface area contributed by atoms with E-state index in [1.807, 2.05) is 0 Å². The highest BCUT2D eigenvalue weighted by Gasteiger charge is 2.14. The van der Waals surface area contributed by atoms with Gasteiger partial charge in [-0.05, 0) is 48.4 Å². The highest BCUT2D eigenvalue weighted by atomic mass is 19.1. The lowest BCUT2D eigenvalue weighted by Gasteiger charge is -2.20. The minimum atomic E-state index is -0.492. The topological polar surface area (TPSA) is 0 Å². The van der Waals surface area contributed by atoms with Crippen molar-refractivity contribution >= 4 is 5.57 Å². The Hall–Kier alpha value is -1.18. The second kappa shape index (κ2) is 4.77. The fraction of sp³-hybridized carbons (Fsp3) is 0.429. The minimum absolute atomic E-state index is 0.492. The van der Waals surface area contributed by atoms with Crippen LogP contribution in [0.5, 0.6) is 0 Å². The molecule has 0 aliphatic heterocycles. The molecule has 0 fully saturated rings. The summed E-state index contributed by atoms with van der Waals surface area (Å²) in [5.74, 6) is -0.246. The molecule has 0 N–H and O–H groups in total. The monoisotopic (exact) mass is 222 g/mol. The lowest BCUT2D eigenvalue weighted by Crippen LogP contribution is -2.04. The zero-order chi connectivity index (χ0) is 11.5. The summed E-state index contributed by atoms with van der Waals surface area (Å²) >= 11 is 0. The first-order valence-electron chi connectivity index (χ1n) is 5.84. The molecular formula is C14H16F2. The summed E-state index contributed by atoms with van der Waals surface area (Å²) in [5.41, 5.74) is 1.79. The number of hydrogen-bond donors (Lipinski definition) is 0. The molecule has 0 radical (unpaired) electrons. The zero-order valence-electron chi connectivity index (χ0n) is 9.47. The van der Waals surface area contributed by atoms with Gasteiger partial charge in [0.25, 0.3) is 0 Å². The molecule has 1 aliphatic rings. The summed E-state index contributed by atoms with van der Waals surface area (Å²) in [7, 11) is 0. The van der Waals surface area contributed by atoms with E-state index in [1.165, 1.54) is 18.6 Å². The van der Waals surface area contributed by atoms with Crippen LogP contribution in [0.25, 0.3) is 5.57 Å². The molecule has 0 bridgehead atoms. The molecular weight excluding hydrogens is 206 g/mol. The van der Waals surface area contributed by atoms with Crippen molar-refractivity contribution in [1.29, 1.82) is 0 Å². The number of rotatable bonds is 2. The van der Waals surface area contributed by atoms with Crippen LogP contribution in [0.15, 0.2) is 24.3 Å². The molecule has 1 unspecified atom stereocenters. The number of halogens is 2. The summed E-state index contributed by atoms with van der Waals surface area (Å²) in [6.45, 7) is 2.19. The molecule has 0 heterocycles. The molecule has 2 heteroatoms. The van der Waals surface area contributed by atoms with Crippen molar-refractivity contribution < 1.29 is 8.78 Å². The average molecular weight is 222 g/mol. The smallest absolute Gasteiger partial charge is 0.126 e. The molecule has 1 aromatic carbocycles. The highest BCUT2D eigenvalue weighted by Crippen LogP contribution is 2.32. The fourth-order valence-electron chi connectivity index (χ4n) is 2.26. The van der Waals surface area contributed by atoms with Crippen LogP contribution >= 0.6 is 0 Å². The Labute approximate surface area is 95.0 Å². The van der Waals surface area contributed by atoms with Crippen LogP contribution in [0.4, 0.5) is 8.78 Å². The maximum atomic E-state index is 13.1. The van der Waals surface area contributed by atoms with E-state index in [-0.39, 0.29) is 0 Å². The van der Waals surface area contributed by atoms with Gasteiger partial charge in [-0.25, -0.2) is 8.78 Å². The van der Waals surface area contributed by atoms with Gasteiger partial charge >= 0.3 is 0 Å². The van der Waals surface area contributed by atoms with Gasteiger partial charge in [-0.1, -0.05) is 19.4 Å². The van der Waals surface area contributed by atoms with E-state index >= 15 is 0 Å². The third-order valence-electron chi connectivity index (χ3n) is 3.33. The van der Waals surface area contributed by atoms with E-state index in [0.29, 0.717) is 5.56 Å². The number of allylic oxidation sites excluding steroid dienone is 2. The van der Waals surface area contributed by atoms with Gasteiger partial charge in [-0.3, -0.25) is 0 Å². The standard InChI is InChI=1S/C14H16F2/c1-2-10-3-5-11(6-4-10)12-7-13(15)9-14(16)8-12/h5,7-10H,2-4,6H2,1H3. The molecule has 1 aliphatic carbocycles. The van der Waals surface area contributed by atoms with Gasteiger partial charge in [0, 0.05) is 6.07 Å². The summed E-state index contributed by atoms with van der Waals surface area (Å²) < 4.78 is 26.1. The lowest BCUT2D eigenvalue weighted by molar-refractivity contribution is 0.470. The van der Waals surface area contributed by atoms with E-state index in [4.69, 9.17) is 0 Å². The Kier molecular flexibility index (Phi) is 3.37. The first-order chi connectivity index (χ1) is 7.69. The minimum Gasteiger partial charge on any atom is -0.207 e. The van der Waals surface area contributed by atoms with Crippen molar-refractivity contribution in [1.82, 2.24) is 0 Å². The van der Waals surface area contributed by atoms with E-state index < -0.39 is 11.6 Å². The fourth-order valence-corrected chi connectivity index (χ4v) is 2.26. The van der Waals surface area contributed by atoms with E-state index in [9.17, 15) is 8.78 Å². The van der Waals surface area contributed by atoms with Gasteiger partial charge in [0.1, 0.15) is 11.6 Å². The molecule has 0 amide bonds. The van der Waals surface area contributed by atoms with Gasteiger partial charge in [0.05, 0.1) is 0 Å². The summed E-state index contributed by atoms with van der Waals surface area (Å²) in [6.07, 6.45) is 6.40. The molecule has 2 rings (SSSR count). The van der Waals surface area contributed by atoms with Crippen molar-refractivity contribution in [2.45, 2.75) is 32.6 Å². The normalized spacial score (nSPS) is 20.7. The molecule has 0 nitrogen and oxygen atoms in total. The van der Waals surface area contributed by atoms with E-state index in [0.717, 1.165) is 36.8 Å². The maximum Gasteiger partial charge on any atom is 0.126 e. The lowest BCUT2D eigenvalue weighted by atomic mass is 9.85. The van der Waals surface area contributed by atoms with E-state index in [1.54, 1.807) is 0 Å². The zero-order valence-corrected chi connectivity index (χ0v) is 9.47. The van der Waals surface area contributed by atoms with Crippen LogP contribution in [0.3, 0.4) is 0 Å². The number of benzene rings is 1. The second-order valence-electron chi connectivity index (χ2n) is 4.44. The first kappa shape index (κ1) is 11.3. The molecule has 86 valence electrons. The molecule has 0 saturated heterocycles. The van der Waals surface area contributed by atoms with Crippen molar-refractivity contribution in [2.24, 2.45) is 5.92 Å². The van der Waals surface area contributed by atoms with Crippen molar-refractivity contribution in [2.75, 3.05) is 0 Å². The van der Waals surface area contributed by atoms with Crippen LogP contribution in [-0.2, 0) is 0 Å². The number of hydrogen-bond acceptors (Lipinski definition) is 0. The first-order valence-corrected chi connectivity index (χ1v) is 5.84. The molecule has 0 aromatic heterocycles. The third-order valence-corrected chi connectivity index (χ3v) is 3.33. The summed E-state index contributed by atoms with van der Waals surface area (Å²) in [6, 6.07) is 3.75. The Bertz CT molecular complexity index is 387. The predicted octanol–water partition coefficient (Wildman–Crippen LogP) is 4.56. The molecule has 0 saturated carbocycles. The third kappa shape index (κ3) is 2.49. The van der Waals surface area contributed by atoms with Crippen LogP contribution in [-0.4, -0.2) is 0 Å². The molecule has 1 atom stereocenters. The van der Waals surface area contributed by atoms with Gasteiger partial charge in [-0.15, -0.1) is 0 Å². The maximum absolute atomic E-state index is 13.1. The average Bonchev–Trinajstić information content (AvgIpc) is 2.28. The van der Waals surface area contributed by atoms with Gasteiger partial charge in [0.2, 0.25) is 0 Å². The molecule has 16 heavy (non-hydrogen) atoms. The van der Waals surface area contributed by atoms with Gasteiger partial charge in [0.15, 0.2) is 0 Å².